The molecular formula is C4H10FNSi. The summed E-state index contributed by atoms with van der Waals surface area (Å²) in [5, 5.41) is 0. The molecule has 0 aromatic carbocycles. The number of rotatable bonds is 0. The van der Waals surface area contributed by atoms with E-state index < -0.39 is 6.17 Å². The second kappa shape index (κ2) is 1.92. The normalized spacial score (nSPS) is 34.7. The summed E-state index contributed by atoms with van der Waals surface area (Å²) in [6.45, 7) is 1.69. The molecule has 1 unspecified atom stereocenters. The predicted molar refractivity (Wildman–Crippen MR) is 31.0 cm³/mol. The molecule has 1 saturated heterocycles. The van der Waals surface area contributed by atoms with Crippen molar-refractivity contribution in [1.82, 2.24) is 4.57 Å². The van der Waals surface area contributed by atoms with Gasteiger partial charge in [0, 0.05) is 6.54 Å². The number of hydrogen-bond acceptors (Lipinski definition) is 1. The van der Waals surface area contributed by atoms with Crippen molar-refractivity contribution in [2.75, 3.05) is 13.1 Å². The van der Waals surface area contributed by atoms with E-state index in [9.17, 15) is 4.39 Å². The van der Waals surface area contributed by atoms with Crippen molar-refractivity contribution in [3.05, 3.63) is 0 Å². The molecule has 1 aliphatic rings. The first-order valence-electron chi connectivity index (χ1n) is 2.61. The van der Waals surface area contributed by atoms with E-state index in [1.54, 1.807) is 0 Å². The minimum atomic E-state index is -0.516. The third-order valence-corrected chi connectivity index (χ3v) is 2.15. The molecule has 0 aliphatic carbocycles. The smallest absolute Gasteiger partial charge is 0.113 e. The average molecular weight is 119 g/mol. The van der Waals surface area contributed by atoms with Gasteiger partial charge in [0.15, 0.2) is 0 Å². The lowest BCUT2D eigenvalue weighted by atomic mass is 10.4. The quantitative estimate of drug-likeness (QED) is 0.382. The molecule has 0 amide bonds. The Hall–Kier alpha value is 0.107. The van der Waals surface area contributed by atoms with Crippen molar-refractivity contribution in [2.45, 2.75) is 12.6 Å². The van der Waals surface area contributed by atoms with Gasteiger partial charge in [-0.15, -0.1) is 0 Å². The molecule has 7 heavy (non-hydrogen) atoms. The number of halogens is 1. The van der Waals surface area contributed by atoms with Crippen LogP contribution >= 0.6 is 0 Å². The molecule has 0 bridgehead atoms. The Kier molecular flexibility index (Phi) is 1.44. The molecule has 1 nitrogen and oxygen atoms in total. The molecule has 1 fully saturated rings. The van der Waals surface area contributed by atoms with E-state index in [-0.39, 0.29) is 0 Å². The first-order valence-corrected chi connectivity index (χ1v) is 3.51. The number of alkyl halides is 1. The van der Waals surface area contributed by atoms with Crippen molar-refractivity contribution in [1.29, 1.82) is 0 Å². The van der Waals surface area contributed by atoms with Crippen LogP contribution in [0.25, 0.3) is 0 Å². The summed E-state index contributed by atoms with van der Waals surface area (Å²) in [7, 11) is 1.03. The molecule has 0 saturated carbocycles. The van der Waals surface area contributed by atoms with Crippen LogP contribution in [0.15, 0.2) is 0 Å². The predicted octanol–water partition coefficient (Wildman–Crippen LogP) is -0.689. The van der Waals surface area contributed by atoms with E-state index >= 15 is 0 Å². The van der Waals surface area contributed by atoms with Crippen LogP contribution < -0.4 is 0 Å². The van der Waals surface area contributed by atoms with Gasteiger partial charge in [0.1, 0.15) is 6.17 Å². The highest BCUT2D eigenvalue weighted by molar-refractivity contribution is 6.04. The standard InChI is InChI=1S/C4H10FNSi/c5-4-1-2-6(7)3-4/h4H,1-3H2,7H3. The first-order chi connectivity index (χ1) is 3.29. The van der Waals surface area contributed by atoms with Gasteiger partial charge in [-0.1, -0.05) is 0 Å². The molecule has 0 radical (unpaired) electrons. The fraction of sp³-hybridized carbons (Fsp3) is 1.00. The van der Waals surface area contributed by atoms with Crippen LogP contribution in [0, 0.1) is 0 Å². The zero-order chi connectivity index (χ0) is 5.28. The van der Waals surface area contributed by atoms with Crippen molar-refractivity contribution < 1.29 is 4.39 Å². The highest BCUT2D eigenvalue weighted by atomic mass is 28.2. The van der Waals surface area contributed by atoms with E-state index in [1.807, 2.05) is 0 Å². The molecule has 1 atom stereocenters. The van der Waals surface area contributed by atoms with Crippen LogP contribution in [-0.2, 0) is 0 Å². The lowest BCUT2D eigenvalue weighted by molar-refractivity contribution is 0.347. The molecular weight excluding hydrogens is 109 g/mol. The van der Waals surface area contributed by atoms with Crippen molar-refractivity contribution in [3.63, 3.8) is 0 Å². The van der Waals surface area contributed by atoms with Crippen molar-refractivity contribution in [3.8, 4) is 0 Å². The van der Waals surface area contributed by atoms with E-state index in [4.69, 9.17) is 0 Å². The van der Waals surface area contributed by atoms with Crippen molar-refractivity contribution in [2.24, 2.45) is 0 Å². The molecule has 0 spiro atoms. The van der Waals surface area contributed by atoms with Gasteiger partial charge in [-0.3, -0.25) is 0 Å². The first kappa shape index (κ1) is 5.25. The third kappa shape index (κ3) is 1.24. The Labute approximate surface area is 46.0 Å². The molecule has 3 heteroatoms. The zero-order valence-corrected chi connectivity index (χ0v) is 6.52. The minimum absolute atomic E-state index is 0.516. The van der Waals surface area contributed by atoms with Gasteiger partial charge in [-0.05, 0) is 13.0 Å². The average Bonchev–Trinajstić information content (AvgIpc) is 1.87. The van der Waals surface area contributed by atoms with Crippen molar-refractivity contribution >= 4 is 10.4 Å². The molecule has 0 aromatic rings. The van der Waals surface area contributed by atoms with Crippen LogP contribution in [0.1, 0.15) is 6.42 Å². The lowest BCUT2D eigenvalue weighted by Gasteiger charge is -2.02. The van der Waals surface area contributed by atoms with Crippen LogP contribution in [0.5, 0.6) is 0 Å². The summed E-state index contributed by atoms with van der Waals surface area (Å²) < 4.78 is 14.3. The van der Waals surface area contributed by atoms with Gasteiger partial charge in [0.2, 0.25) is 0 Å². The Bertz CT molecular complexity index is 60.7. The minimum Gasteiger partial charge on any atom is -0.329 e. The SMILES string of the molecule is FC1CCN([SiH3])C1. The maximum atomic E-state index is 12.2. The molecule has 1 rings (SSSR count). The molecule has 1 aliphatic heterocycles. The van der Waals surface area contributed by atoms with E-state index in [0.717, 1.165) is 23.4 Å². The third-order valence-electron chi connectivity index (χ3n) is 1.33. The Morgan fingerprint density at radius 1 is 1.71 bits per heavy atom. The summed E-state index contributed by atoms with van der Waals surface area (Å²) in [4.78, 5) is 0. The molecule has 42 valence electrons. The van der Waals surface area contributed by atoms with Crippen LogP contribution in [0.4, 0.5) is 4.39 Å². The largest absolute Gasteiger partial charge is 0.329 e. The maximum absolute atomic E-state index is 12.2. The van der Waals surface area contributed by atoms with Crippen LogP contribution in [0.3, 0.4) is 0 Å². The number of hydrogen-bond donors (Lipinski definition) is 0. The Morgan fingerprint density at radius 3 is 2.57 bits per heavy atom. The van der Waals surface area contributed by atoms with Crippen LogP contribution in [-0.4, -0.2) is 34.2 Å². The summed E-state index contributed by atoms with van der Waals surface area (Å²) in [5.74, 6) is 0. The van der Waals surface area contributed by atoms with E-state index in [1.165, 1.54) is 0 Å². The highest BCUT2D eigenvalue weighted by Crippen LogP contribution is 2.07. The summed E-state index contributed by atoms with van der Waals surface area (Å²) in [6, 6.07) is 0. The molecule has 0 N–H and O–H groups in total. The molecule has 0 aromatic heterocycles. The van der Waals surface area contributed by atoms with Gasteiger partial charge >= 0.3 is 0 Å². The fourth-order valence-electron chi connectivity index (χ4n) is 0.881. The Balaban J connectivity index is 2.26. The zero-order valence-electron chi connectivity index (χ0n) is 4.52. The maximum Gasteiger partial charge on any atom is 0.113 e. The Morgan fingerprint density at radius 2 is 2.43 bits per heavy atom. The van der Waals surface area contributed by atoms with Gasteiger partial charge < -0.3 is 4.57 Å². The highest BCUT2D eigenvalue weighted by Gasteiger charge is 2.16. The summed E-state index contributed by atoms with van der Waals surface area (Å²) >= 11 is 0. The van der Waals surface area contributed by atoms with Crippen LogP contribution in [0.2, 0.25) is 0 Å². The second-order valence-corrected chi connectivity index (χ2v) is 3.41. The topological polar surface area (TPSA) is 3.24 Å². The summed E-state index contributed by atoms with van der Waals surface area (Å²) in [6.07, 6.45) is 0.251. The number of nitrogens with zero attached hydrogens (tertiary/aromatic N) is 1. The molecule has 1 heterocycles. The van der Waals surface area contributed by atoms with Gasteiger partial charge in [0.05, 0.1) is 10.4 Å². The van der Waals surface area contributed by atoms with Gasteiger partial charge in [-0.25, -0.2) is 4.39 Å². The van der Waals surface area contributed by atoms with Gasteiger partial charge in [0.25, 0.3) is 0 Å². The van der Waals surface area contributed by atoms with Gasteiger partial charge in [-0.2, -0.15) is 0 Å². The van der Waals surface area contributed by atoms with E-state index in [0.29, 0.717) is 6.54 Å². The summed E-state index contributed by atoms with van der Waals surface area (Å²) in [5.41, 5.74) is 0. The van der Waals surface area contributed by atoms with E-state index in [2.05, 4.69) is 4.57 Å². The monoisotopic (exact) mass is 119 g/mol. The lowest BCUT2D eigenvalue weighted by Crippen LogP contribution is -2.16. The fourth-order valence-corrected chi connectivity index (χ4v) is 1.54. The second-order valence-electron chi connectivity index (χ2n) is 2.15.